The third-order valence-electron chi connectivity index (χ3n) is 4.31. The molecule has 0 amide bonds. The summed E-state index contributed by atoms with van der Waals surface area (Å²) in [6.45, 7) is -0.657. The smallest absolute Gasteiger partial charge is 0.438 e. The first-order chi connectivity index (χ1) is 13.3. The van der Waals surface area contributed by atoms with Gasteiger partial charge in [0.1, 0.15) is 6.10 Å². The van der Waals surface area contributed by atoms with Crippen LogP contribution in [-0.4, -0.2) is 74.9 Å². The van der Waals surface area contributed by atoms with Gasteiger partial charge in [0.2, 0.25) is 5.79 Å². The van der Waals surface area contributed by atoms with Gasteiger partial charge in [0, 0.05) is 18.4 Å². The molecular formula is C17H23NO10. The normalized spacial score (nSPS) is 29.6. The standard InChI is InChI=1S/C17H23NO10/c1-23-15(21)26-12-11(8-19)28-17(25-3,9-4-6-10(18)7-5-9)14(20)13(12)27-16(22)24-2/h4-7,11-14,19-20H,8,18H2,1-3H3/t11-,12+,13+,14-,17-/m1/s1. The number of aliphatic hydroxyl groups excluding tert-OH is 2. The Morgan fingerprint density at radius 3 is 2.07 bits per heavy atom. The van der Waals surface area contributed by atoms with Crippen LogP contribution in [0.1, 0.15) is 5.56 Å². The van der Waals surface area contributed by atoms with E-state index in [4.69, 9.17) is 24.7 Å². The van der Waals surface area contributed by atoms with E-state index in [-0.39, 0.29) is 0 Å². The molecule has 0 radical (unpaired) electrons. The Morgan fingerprint density at radius 1 is 1.07 bits per heavy atom. The molecule has 0 aliphatic carbocycles. The number of benzene rings is 1. The Morgan fingerprint density at radius 2 is 1.61 bits per heavy atom. The van der Waals surface area contributed by atoms with E-state index >= 15 is 0 Å². The Balaban J connectivity index is 2.50. The van der Waals surface area contributed by atoms with Crippen LogP contribution in [0.5, 0.6) is 0 Å². The van der Waals surface area contributed by atoms with Crippen LogP contribution in [0, 0.1) is 0 Å². The predicted octanol–water partition coefficient (Wildman–Crippen LogP) is 0.123. The molecule has 2 rings (SSSR count). The highest BCUT2D eigenvalue weighted by molar-refractivity contribution is 5.61. The Bertz CT molecular complexity index is 681. The molecule has 4 N–H and O–H groups in total. The van der Waals surface area contributed by atoms with E-state index in [9.17, 15) is 19.8 Å². The van der Waals surface area contributed by atoms with Crippen LogP contribution in [0.25, 0.3) is 0 Å². The second-order valence-electron chi connectivity index (χ2n) is 5.85. The number of nitrogens with two attached hydrogens (primary N) is 1. The number of methoxy groups -OCH3 is 3. The zero-order chi connectivity index (χ0) is 20.9. The number of aliphatic hydroxyl groups is 2. The maximum absolute atomic E-state index is 11.7. The van der Waals surface area contributed by atoms with Crippen molar-refractivity contribution in [1.82, 2.24) is 0 Å². The van der Waals surface area contributed by atoms with E-state index in [1.165, 1.54) is 19.2 Å². The summed E-state index contributed by atoms with van der Waals surface area (Å²) in [6, 6.07) is 6.17. The molecule has 11 nitrogen and oxygen atoms in total. The number of nitrogen functional groups attached to an aromatic ring is 1. The SMILES string of the molecule is COC(=O)O[C@@H]1[C@H](OC(=O)OC)[C@@H](O)[C@@](OC)(c2ccc(N)cc2)O[C@@H]1CO. The van der Waals surface area contributed by atoms with Crippen molar-refractivity contribution in [2.45, 2.75) is 30.2 Å². The average Bonchev–Trinajstić information content (AvgIpc) is 2.71. The van der Waals surface area contributed by atoms with Gasteiger partial charge in [0.25, 0.3) is 0 Å². The van der Waals surface area contributed by atoms with E-state index in [0.717, 1.165) is 14.2 Å². The number of hydrogen-bond donors (Lipinski definition) is 3. The lowest BCUT2D eigenvalue weighted by atomic mass is 9.87. The highest BCUT2D eigenvalue weighted by Crippen LogP contribution is 2.41. The molecule has 1 fully saturated rings. The molecule has 0 saturated carbocycles. The minimum absolute atomic E-state index is 0.324. The van der Waals surface area contributed by atoms with Crippen molar-refractivity contribution >= 4 is 18.0 Å². The molecule has 0 spiro atoms. The Kier molecular flexibility index (Phi) is 7.02. The number of carbonyl (C=O) groups excluding carboxylic acids is 2. The molecule has 1 aromatic rings. The number of carbonyl (C=O) groups is 2. The summed E-state index contributed by atoms with van der Waals surface area (Å²) in [5.74, 6) is -1.87. The van der Waals surface area contributed by atoms with Crippen LogP contribution in [0.3, 0.4) is 0 Å². The number of rotatable bonds is 5. The van der Waals surface area contributed by atoms with Crippen molar-refractivity contribution in [2.75, 3.05) is 33.7 Å². The summed E-state index contributed by atoms with van der Waals surface area (Å²) in [5, 5.41) is 20.8. The van der Waals surface area contributed by atoms with Gasteiger partial charge >= 0.3 is 12.3 Å². The predicted molar refractivity (Wildman–Crippen MR) is 92.1 cm³/mol. The maximum atomic E-state index is 11.7. The van der Waals surface area contributed by atoms with E-state index in [2.05, 4.69) is 9.47 Å². The Labute approximate surface area is 160 Å². The summed E-state index contributed by atoms with van der Waals surface area (Å²) in [6.07, 6.45) is -8.13. The fourth-order valence-corrected chi connectivity index (χ4v) is 2.94. The molecule has 0 aromatic heterocycles. The van der Waals surface area contributed by atoms with Crippen LogP contribution >= 0.6 is 0 Å². The molecule has 1 aliphatic heterocycles. The van der Waals surface area contributed by atoms with E-state index in [1.807, 2.05) is 0 Å². The first-order valence-electron chi connectivity index (χ1n) is 8.20. The minimum atomic E-state index is -1.87. The molecule has 1 saturated heterocycles. The van der Waals surface area contributed by atoms with Crippen LogP contribution < -0.4 is 5.73 Å². The molecule has 1 aromatic carbocycles. The molecule has 0 unspecified atom stereocenters. The lowest BCUT2D eigenvalue weighted by molar-refractivity contribution is -0.366. The van der Waals surface area contributed by atoms with Crippen LogP contribution in [-0.2, 0) is 34.2 Å². The van der Waals surface area contributed by atoms with Gasteiger partial charge in [-0.3, -0.25) is 0 Å². The number of anilines is 1. The molecule has 5 atom stereocenters. The maximum Gasteiger partial charge on any atom is 0.508 e. The zero-order valence-electron chi connectivity index (χ0n) is 15.6. The second-order valence-corrected chi connectivity index (χ2v) is 5.85. The Hall–Kier alpha value is -2.60. The molecule has 28 heavy (non-hydrogen) atoms. The van der Waals surface area contributed by atoms with Gasteiger partial charge in [-0.15, -0.1) is 0 Å². The monoisotopic (exact) mass is 401 g/mol. The first kappa shape index (κ1) is 21.7. The van der Waals surface area contributed by atoms with E-state index in [1.54, 1.807) is 12.1 Å². The molecule has 156 valence electrons. The average molecular weight is 401 g/mol. The molecule has 1 aliphatic rings. The van der Waals surface area contributed by atoms with Crippen LogP contribution in [0.4, 0.5) is 15.3 Å². The lowest BCUT2D eigenvalue weighted by Crippen LogP contribution is -2.66. The zero-order valence-corrected chi connectivity index (χ0v) is 15.6. The molecular weight excluding hydrogens is 378 g/mol. The lowest BCUT2D eigenvalue weighted by Gasteiger charge is -2.48. The highest BCUT2D eigenvalue weighted by Gasteiger charge is 2.59. The first-order valence-corrected chi connectivity index (χ1v) is 8.20. The van der Waals surface area contributed by atoms with Gasteiger partial charge in [0.15, 0.2) is 18.3 Å². The molecule has 1 heterocycles. The van der Waals surface area contributed by atoms with Crippen molar-refractivity contribution in [3.8, 4) is 0 Å². The topological polar surface area (TPSA) is 156 Å². The molecule has 11 heteroatoms. The minimum Gasteiger partial charge on any atom is -0.438 e. The summed E-state index contributed by atoms with van der Waals surface area (Å²) in [5.41, 5.74) is 6.47. The number of hydrogen-bond acceptors (Lipinski definition) is 11. The third-order valence-corrected chi connectivity index (χ3v) is 4.31. The fourth-order valence-electron chi connectivity index (χ4n) is 2.94. The van der Waals surface area contributed by atoms with Crippen molar-refractivity contribution < 1.29 is 48.2 Å². The molecule has 0 bridgehead atoms. The van der Waals surface area contributed by atoms with E-state index in [0.29, 0.717) is 11.3 Å². The van der Waals surface area contributed by atoms with Gasteiger partial charge in [-0.05, 0) is 12.1 Å². The summed E-state index contributed by atoms with van der Waals surface area (Å²) in [7, 11) is 3.39. The van der Waals surface area contributed by atoms with Crippen molar-refractivity contribution in [3.63, 3.8) is 0 Å². The third kappa shape index (κ3) is 4.12. The largest absolute Gasteiger partial charge is 0.508 e. The van der Waals surface area contributed by atoms with Gasteiger partial charge in [-0.2, -0.15) is 0 Å². The van der Waals surface area contributed by atoms with Crippen LogP contribution in [0.2, 0.25) is 0 Å². The number of ether oxygens (including phenoxy) is 6. The van der Waals surface area contributed by atoms with Crippen LogP contribution in [0.15, 0.2) is 24.3 Å². The second kappa shape index (κ2) is 9.06. The fraction of sp³-hybridized carbons (Fsp3) is 0.529. The van der Waals surface area contributed by atoms with Crippen molar-refractivity contribution in [1.29, 1.82) is 0 Å². The highest BCUT2D eigenvalue weighted by atomic mass is 16.8. The summed E-state index contributed by atoms with van der Waals surface area (Å²) < 4.78 is 30.3. The van der Waals surface area contributed by atoms with Crippen molar-refractivity contribution in [2.24, 2.45) is 0 Å². The van der Waals surface area contributed by atoms with Gasteiger partial charge < -0.3 is 44.4 Å². The van der Waals surface area contributed by atoms with Crippen molar-refractivity contribution in [3.05, 3.63) is 29.8 Å². The summed E-state index contributed by atoms with van der Waals surface area (Å²) in [4.78, 5) is 23.3. The van der Waals surface area contributed by atoms with Gasteiger partial charge in [0.05, 0.1) is 20.8 Å². The summed E-state index contributed by atoms with van der Waals surface area (Å²) >= 11 is 0. The quantitative estimate of drug-likeness (QED) is 0.455. The van der Waals surface area contributed by atoms with Gasteiger partial charge in [-0.25, -0.2) is 9.59 Å². The van der Waals surface area contributed by atoms with E-state index < -0.39 is 49.1 Å². The van der Waals surface area contributed by atoms with Gasteiger partial charge in [-0.1, -0.05) is 12.1 Å².